The first-order valence-corrected chi connectivity index (χ1v) is 9.09. The summed E-state index contributed by atoms with van der Waals surface area (Å²) >= 11 is 0. The Balaban J connectivity index is 1.53. The van der Waals surface area contributed by atoms with Crippen LogP contribution < -0.4 is 14.8 Å². The maximum Gasteiger partial charge on any atom is 0.355 e. The average molecular weight is 402 g/mol. The average Bonchev–Trinajstić information content (AvgIpc) is 3.28. The van der Waals surface area contributed by atoms with Gasteiger partial charge < -0.3 is 29.2 Å². The van der Waals surface area contributed by atoms with Crippen molar-refractivity contribution in [2.75, 3.05) is 20.0 Å². The number of carbonyl (C=O) groups excluding carboxylic acids is 3. The summed E-state index contributed by atoms with van der Waals surface area (Å²) in [5, 5.41) is 2.67. The SMILES string of the molecule is CCOC(=O)c1c(C)[nH]c(C(=O)OCC(=O)NCc2ccc3c(c2)OCO3)c1C. The van der Waals surface area contributed by atoms with Gasteiger partial charge in [0.15, 0.2) is 18.1 Å². The maximum absolute atomic E-state index is 12.3. The van der Waals surface area contributed by atoms with Gasteiger partial charge in [0.25, 0.3) is 5.91 Å². The van der Waals surface area contributed by atoms with E-state index in [1.807, 2.05) is 6.07 Å². The Morgan fingerprint density at radius 3 is 2.62 bits per heavy atom. The Morgan fingerprint density at radius 2 is 1.86 bits per heavy atom. The number of fused-ring (bicyclic) bond motifs is 1. The number of esters is 2. The van der Waals surface area contributed by atoms with Gasteiger partial charge in [-0.25, -0.2) is 9.59 Å². The summed E-state index contributed by atoms with van der Waals surface area (Å²) in [6.07, 6.45) is 0. The predicted molar refractivity (Wildman–Crippen MR) is 101 cm³/mol. The summed E-state index contributed by atoms with van der Waals surface area (Å²) in [6.45, 7) is 5.19. The number of rotatable bonds is 7. The molecule has 1 aromatic carbocycles. The number of carbonyl (C=O) groups is 3. The molecule has 0 atom stereocenters. The third-order valence-electron chi connectivity index (χ3n) is 4.38. The fourth-order valence-electron chi connectivity index (χ4n) is 2.97. The van der Waals surface area contributed by atoms with Gasteiger partial charge in [0.1, 0.15) is 5.69 Å². The van der Waals surface area contributed by atoms with Gasteiger partial charge in [0.05, 0.1) is 12.2 Å². The zero-order valence-electron chi connectivity index (χ0n) is 16.4. The summed E-state index contributed by atoms with van der Waals surface area (Å²) in [7, 11) is 0. The maximum atomic E-state index is 12.3. The van der Waals surface area contributed by atoms with Gasteiger partial charge in [-0.3, -0.25) is 4.79 Å². The van der Waals surface area contributed by atoms with Gasteiger partial charge in [-0.2, -0.15) is 0 Å². The largest absolute Gasteiger partial charge is 0.462 e. The smallest absolute Gasteiger partial charge is 0.355 e. The first-order chi connectivity index (χ1) is 13.9. The van der Waals surface area contributed by atoms with Crippen molar-refractivity contribution in [1.29, 1.82) is 0 Å². The van der Waals surface area contributed by atoms with Crippen LogP contribution in [0.3, 0.4) is 0 Å². The van der Waals surface area contributed by atoms with E-state index in [0.29, 0.717) is 28.3 Å². The molecule has 9 nitrogen and oxygen atoms in total. The van der Waals surface area contributed by atoms with E-state index in [1.165, 1.54) is 0 Å². The molecule has 0 saturated heterocycles. The molecular formula is C20H22N2O7. The van der Waals surface area contributed by atoms with Crippen molar-refractivity contribution in [3.05, 3.63) is 46.3 Å². The zero-order valence-corrected chi connectivity index (χ0v) is 16.4. The number of aryl methyl sites for hydroxylation is 1. The van der Waals surface area contributed by atoms with Crippen LogP contribution in [0.1, 0.15) is 44.6 Å². The quantitative estimate of drug-likeness (QED) is 0.681. The Hall–Kier alpha value is -3.49. The van der Waals surface area contributed by atoms with E-state index >= 15 is 0 Å². The molecule has 0 radical (unpaired) electrons. The van der Waals surface area contributed by atoms with Crippen molar-refractivity contribution >= 4 is 17.8 Å². The highest BCUT2D eigenvalue weighted by Crippen LogP contribution is 2.32. The third kappa shape index (κ3) is 4.50. The fourth-order valence-corrected chi connectivity index (χ4v) is 2.97. The lowest BCUT2D eigenvalue weighted by molar-refractivity contribution is -0.124. The van der Waals surface area contributed by atoms with E-state index in [9.17, 15) is 14.4 Å². The van der Waals surface area contributed by atoms with Crippen molar-refractivity contribution in [2.45, 2.75) is 27.3 Å². The minimum atomic E-state index is -0.723. The minimum absolute atomic E-state index is 0.120. The lowest BCUT2D eigenvalue weighted by Gasteiger charge is -2.07. The van der Waals surface area contributed by atoms with Crippen molar-refractivity contribution in [1.82, 2.24) is 10.3 Å². The second-order valence-electron chi connectivity index (χ2n) is 6.39. The van der Waals surface area contributed by atoms with Crippen molar-refractivity contribution < 1.29 is 33.3 Å². The van der Waals surface area contributed by atoms with E-state index in [4.69, 9.17) is 18.9 Å². The summed E-state index contributed by atoms with van der Waals surface area (Å²) < 4.78 is 20.6. The van der Waals surface area contributed by atoms with Crippen LogP contribution >= 0.6 is 0 Å². The highest BCUT2D eigenvalue weighted by Gasteiger charge is 2.24. The van der Waals surface area contributed by atoms with Crippen molar-refractivity contribution in [2.24, 2.45) is 0 Å². The summed E-state index contributed by atoms with van der Waals surface area (Å²) in [4.78, 5) is 39.1. The molecule has 0 saturated carbocycles. The zero-order chi connectivity index (χ0) is 21.0. The van der Waals surface area contributed by atoms with Crippen LogP contribution in [0.15, 0.2) is 18.2 Å². The second-order valence-corrected chi connectivity index (χ2v) is 6.39. The molecule has 2 heterocycles. The lowest BCUT2D eigenvalue weighted by atomic mass is 10.1. The number of nitrogens with one attached hydrogen (secondary N) is 2. The van der Waals surface area contributed by atoms with Crippen LogP contribution in [0, 0.1) is 13.8 Å². The Morgan fingerprint density at radius 1 is 1.10 bits per heavy atom. The molecule has 2 N–H and O–H groups in total. The van der Waals surface area contributed by atoms with E-state index < -0.39 is 24.5 Å². The van der Waals surface area contributed by atoms with E-state index in [-0.39, 0.29) is 25.6 Å². The summed E-state index contributed by atoms with van der Waals surface area (Å²) in [5.41, 5.74) is 2.16. The number of aromatic amines is 1. The molecular weight excluding hydrogens is 380 g/mol. The molecule has 0 bridgehead atoms. The Labute approximate surface area is 167 Å². The molecule has 9 heteroatoms. The third-order valence-corrected chi connectivity index (χ3v) is 4.38. The van der Waals surface area contributed by atoms with Crippen LogP contribution in [0.5, 0.6) is 11.5 Å². The minimum Gasteiger partial charge on any atom is -0.462 e. The number of ether oxygens (including phenoxy) is 4. The molecule has 0 spiro atoms. The molecule has 1 aliphatic heterocycles. The van der Waals surface area contributed by atoms with Crippen LogP contribution in [0.4, 0.5) is 0 Å². The van der Waals surface area contributed by atoms with Gasteiger partial charge in [-0.1, -0.05) is 6.07 Å². The number of amides is 1. The topological polar surface area (TPSA) is 116 Å². The first-order valence-electron chi connectivity index (χ1n) is 9.09. The Kier molecular flexibility index (Phi) is 6.06. The number of benzene rings is 1. The van der Waals surface area contributed by atoms with E-state index in [2.05, 4.69) is 10.3 Å². The van der Waals surface area contributed by atoms with Gasteiger partial charge in [-0.05, 0) is 44.0 Å². The summed E-state index contributed by atoms with van der Waals surface area (Å²) in [5.74, 6) is -0.410. The number of hydrogen-bond acceptors (Lipinski definition) is 7. The lowest BCUT2D eigenvalue weighted by Crippen LogP contribution is -2.28. The van der Waals surface area contributed by atoms with Crippen LogP contribution in [-0.4, -0.2) is 42.8 Å². The molecule has 2 aromatic rings. The molecule has 0 fully saturated rings. The normalized spacial score (nSPS) is 11.8. The fraction of sp³-hybridized carbons (Fsp3) is 0.350. The summed E-state index contributed by atoms with van der Waals surface area (Å²) in [6, 6.07) is 5.35. The van der Waals surface area contributed by atoms with Crippen LogP contribution in [0.25, 0.3) is 0 Å². The van der Waals surface area contributed by atoms with Gasteiger partial charge in [0, 0.05) is 12.2 Å². The van der Waals surface area contributed by atoms with Crippen molar-refractivity contribution in [3.8, 4) is 11.5 Å². The molecule has 3 rings (SSSR count). The number of hydrogen-bond donors (Lipinski definition) is 2. The van der Waals surface area contributed by atoms with Gasteiger partial charge in [0.2, 0.25) is 6.79 Å². The van der Waals surface area contributed by atoms with Crippen LogP contribution in [-0.2, 0) is 20.8 Å². The van der Waals surface area contributed by atoms with E-state index in [1.54, 1.807) is 32.9 Å². The predicted octanol–water partition coefficient (Wildman–Crippen LogP) is 2.01. The molecule has 29 heavy (non-hydrogen) atoms. The number of aromatic nitrogens is 1. The molecule has 0 unspecified atom stereocenters. The van der Waals surface area contributed by atoms with Gasteiger partial charge in [-0.15, -0.1) is 0 Å². The molecule has 0 aliphatic carbocycles. The standard InChI is InChI=1S/C20H22N2O7/c1-4-26-19(24)17-11(2)18(22-12(17)3)20(25)27-9-16(23)21-8-13-5-6-14-15(7-13)29-10-28-14/h5-7,22H,4,8-10H2,1-3H3,(H,21,23). The number of H-pyrrole nitrogens is 1. The van der Waals surface area contributed by atoms with Gasteiger partial charge >= 0.3 is 11.9 Å². The molecule has 1 aliphatic rings. The van der Waals surface area contributed by atoms with E-state index in [0.717, 1.165) is 5.56 Å². The van der Waals surface area contributed by atoms with Crippen molar-refractivity contribution in [3.63, 3.8) is 0 Å². The Bertz CT molecular complexity index is 949. The molecule has 154 valence electrons. The second kappa shape index (κ2) is 8.68. The highest BCUT2D eigenvalue weighted by molar-refractivity contribution is 5.99. The molecule has 1 amide bonds. The monoisotopic (exact) mass is 402 g/mol. The van der Waals surface area contributed by atoms with Crippen LogP contribution in [0.2, 0.25) is 0 Å². The first kappa shape index (κ1) is 20.2. The highest BCUT2D eigenvalue weighted by atomic mass is 16.7. The molecule has 1 aromatic heterocycles.